The highest BCUT2D eigenvalue weighted by Crippen LogP contribution is 2.35. The number of aromatic amines is 1. The Labute approximate surface area is 163 Å². The Balaban J connectivity index is 1.46. The molecule has 3 amide bonds. The quantitative estimate of drug-likeness (QED) is 0.643. The van der Waals surface area contributed by atoms with Crippen LogP contribution in [0.3, 0.4) is 0 Å². The molecule has 1 saturated heterocycles. The minimum absolute atomic E-state index is 0.0606. The summed E-state index contributed by atoms with van der Waals surface area (Å²) in [6.45, 7) is 1.11. The topological polar surface area (TPSA) is 118 Å². The van der Waals surface area contributed by atoms with Crippen LogP contribution in [0.5, 0.6) is 0 Å². The first-order chi connectivity index (χ1) is 13.6. The van der Waals surface area contributed by atoms with Crippen LogP contribution in [-0.2, 0) is 16.0 Å². The van der Waals surface area contributed by atoms with E-state index in [1.54, 1.807) is 11.1 Å². The maximum Gasteiger partial charge on any atom is 0.271 e. The Morgan fingerprint density at radius 1 is 1.32 bits per heavy atom. The van der Waals surface area contributed by atoms with Crippen LogP contribution in [-0.4, -0.2) is 52.8 Å². The second kappa shape index (κ2) is 7.66. The lowest BCUT2D eigenvalue weighted by Gasteiger charge is -2.34. The van der Waals surface area contributed by atoms with E-state index in [1.165, 1.54) is 0 Å². The minimum Gasteiger partial charge on any atom is -0.357 e. The van der Waals surface area contributed by atoms with Gasteiger partial charge in [0.25, 0.3) is 5.91 Å². The van der Waals surface area contributed by atoms with E-state index in [4.69, 9.17) is 0 Å². The summed E-state index contributed by atoms with van der Waals surface area (Å²) >= 11 is 0. The molecule has 3 N–H and O–H groups in total. The number of hydrogen-bond acceptors (Lipinski definition) is 4. The lowest BCUT2D eigenvalue weighted by Crippen LogP contribution is -2.54. The summed E-state index contributed by atoms with van der Waals surface area (Å²) in [4.78, 5) is 42.4. The van der Waals surface area contributed by atoms with E-state index in [9.17, 15) is 19.6 Å². The van der Waals surface area contributed by atoms with Gasteiger partial charge in [-0.15, -0.1) is 0 Å². The van der Waals surface area contributed by atoms with Crippen LogP contribution in [0.15, 0.2) is 12.3 Å². The summed E-state index contributed by atoms with van der Waals surface area (Å²) in [6, 6.07) is 2.70. The van der Waals surface area contributed by atoms with Gasteiger partial charge in [0.1, 0.15) is 17.8 Å². The van der Waals surface area contributed by atoms with Gasteiger partial charge in [0.2, 0.25) is 11.8 Å². The zero-order chi connectivity index (χ0) is 19.7. The van der Waals surface area contributed by atoms with E-state index < -0.39 is 12.1 Å². The first-order valence-corrected chi connectivity index (χ1v) is 10.0. The molecule has 1 aromatic rings. The monoisotopic (exact) mass is 383 g/mol. The van der Waals surface area contributed by atoms with Gasteiger partial charge in [0.05, 0.1) is 6.07 Å². The van der Waals surface area contributed by atoms with Crippen LogP contribution in [0.2, 0.25) is 0 Å². The molecule has 148 valence electrons. The Morgan fingerprint density at radius 3 is 2.82 bits per heavy atom. The largest absolute Gasteiger partial charge is 0.357 e. The molecule has 28 heavy (non-hydrogen) atoms. The van der Waals surface area contributed by atoms with E-state index in [0.717, 1.165) is 18.4 Å². The summed E-state index contributed by atoms with van der Waals surface area (Å²) in [5, 5.41) is 15.0. The van der Waals surface area contributed by atoms with Crippen molar-refractivity contribution in [3.05, 3.63) is 23.5 Å². The van der Waals surface area contributed by atoms with Crippen molar-refractivity contribution in [2.45, 2.75) is 50.6 Å². The molecule has 2 aliphatic heterocycles. The molecule has 3 atom stereocenters. The van der Waals surface area contributed by atoms with Gasteiger partial charge in [0, 0.05) is 25.2 Å². The summed E-state index contributed by atoms with van der Waals surface area (Å²) in [5.74, 6) is -0.301. The molecular formula is C20H25N5O3. The third-order valence-electron chi connectivity index (χ3n) is 6.02. The number of aromatic nitrogens is 1. The van der Waals surface area contributed by atoms with E-state index in [1.807, 2.05) is 6.07 Å². The van der Waals surface area contributed by atoms with Crippen molar-refractivity contribution in [3.8, 4) is 6.07 Å². The van der Waals surface area contributed by atoms with Crippen LogP contribution in [0.4, 0.5) is 0 Å². The fraction of sp³-hybridized carbons (Fsp3) is 0.600. The average molecular weight is 383 g/mol. The molecule has 4 rings (SSSR count). The fourth-order valence-corrected chi connectivity index (χ4v) is 4.20. The number of fused-ring (bicyclic) bond motifs is 1. The predicted molar refractivity (Wildman–Crippen MR) is 99.9 cm³/mol. The van der Waals surface area contributed by atoms with Crippen molar-refractivity contribution < 1.29 is 14.4 Å². The fourth-order valence-electron chi connectivity index (χ4n) is 4.20. The molecule has 8 heteroatoms. The smallest absolute Gasteiger partial charge is 0.271 e. The molecule has 0 radical (unpaired) electrons. The zero-order valence-electron chi connectivity index (χ0n) is 15.7. The number of rotatable bonds is 7. The number of amides is 3. The van der Waals surface area contributed by atoms with Crippen LogP contribution >= 0.6 is 0 Å². The first kappa shape index (κ1) is 18.5. The van der Waals surface area contributed by atoms with Gasteiger partial charge in [-0.1, -0.05) is 12.8 Å². The Hall–Kier alpha value is -2.82. The molecule has 1 unspecified atom stereocenters. The normalized spacial score (nSPS) is 23.5. The van der Waals surface area contributed by atoms with Crippen molar-refractivity contribution in [1.82, 2.24) is 20.5 Å². The molecule has 1 aromatic heterocycles. The number of nitrogens with zero attached hydrogens (tertiary/aromatic N) is 2. The summed E-state index contributed by atoms with van der Waals surface area (Å²) < 4.78 is 0. The molecule has 3 heterocycles. The molecular weight excluding hydrogens is 358 g/mol. The van der Waals surface area contributed by atoms with E-state index in [2.05, 4.69) is 21.7 Å². The van der Waals surface area contributed by atoms with Gasteiger partial charge in [-0.2, -0.15) is 5.26 Å². The maximum atomic E-state index is 13.1. The van der Waals surface area contributed by atoms with Gasteiger partial charge in [0.15, 0.2) is 0 Å². The van der Waals surface area contributed by atoms with Crippen LogP contribution < -0.4 is 10.6 Å². The highest BCUT2D eigenvalue weighted by Gasteiger charge is 2.39. The summed E-state index contributed by atoms with van der Waals surface area (Å²) in [5.41, 5.74) is 1.54. The first-order valence-electron chi connectivity index (χ1n) is 10.0. The maximum absolute atomic E-state index is 13.1. The molecule has 0 aromatic carbocycles. The minimum atomic E-state index is -0.732. The zero-order valence-corrected chi connectivity index (χ0v) is 15.7. The molecule has 0 bridgehead atoms. The second-order valence-corrected chi connectivity index (χ2v) is 8.02. The standard InChI is InChI=1S/C20H25N5O3/c21-11-15(10-14-4-7-23-18(14)26)24-19(27)16(9-12-1-2-12)25-8-5-13-3-6-22-17(13)20(25)28/h3,6,12,14-16,22H,1-2,4-5,7-10H2,(H,23,26)(H,24,27)/t14-,15?,16+/m0/s1. The van der Waals surface area contributed by atoms with Crippen molar-refractivity contribution in [3.63, 3.8) is 0 Å². The van der Waals surface area contributed by atoms with Crippen molar-refractivity contribution in [2.75, 3.05) is 13.1 Å². The number of nitrogens with one attached hydrogen (secondary N) is 3. The number of carbonyl (C=O) groups excluding carboxylic acids is 3. The third kappa shape index (κ3) is 3.75. The Kier molecular flexibility index (Phi) is 5.07. The lowest BCUT2D eigenvalue weighted by atomic mass is 9.97. The van der Waals surface area contributed by atoms with Gasteiger partial charge in [-0.3, -0.25) is 14.4 Å². The van der Waals surface area contributed by atoms with Gasteiger partial charge in [-0.25, -0.2) is 0 Å². The predicted octanol–water partition coefficient (Wildman–Crippen LogP) is 0.716. The van der Waals surface area contributed by atoms with Crippen molar-refractivity contribution >= 4 is 17.7 Å². The molecule has 1 saturated carbocycles. The van der Waals surface area contributed by atoms with E-state index in [-0.39, 0.29) is 23.6 Å². The lowest BCUT2D eigenvalue weighted by molar-refractivity contribution is -0.127. The SMILES string of the molecule is N#CC(C[C@@H]1CCNC1=O)NC(=O)[C@@H](CC1CC1)N1CCc2cc[nH]c2C1=O. The summed E-state index contributed by atoms with van der Waals surface area (Å²) in [7, 11) is 0. The average Bonchev–Trinajstić information content (AvgIpc) is 3.21. The number of carbonyl (C=O) groups is 3. The number of nitriles is 1. The van der Waals surface area contributed by atoms with Crippen molar-refractivity contribution in [1.29, 1.82) is 5.26 Å². The molecule has 1 aliphatic carbocycles. The number of H-pyrrole nitrogens is 1. The highest BCUT2D eigenvalue weighted by atomic mass is 16.2. The summed E-state index contributed by atoms with van der Waals surface area (Å²) in [6.07, 6.45) is 6.21. The molecule has 3 aliphatic rings. The van der Waals surface area contributed by atoms with Crippen molar-refractivity contribution in [2.24, 2.45) is 11.8 Å². The van der Waals surface area contributed by atoms with Gasteiger partial charge >= 0.3 is 0 Å². The highest BCUT2D eigenvalue weighted by molar-refractivity contribution is 5.98. The van der Waals surface area contributed by atoms with E-state index in [0.29, 0.717) is 50.4 Å². The van der Waals surface area contributed by atoms with Crippen LogP contribution in [0.25, 0.3) is 0 Å². The molecule has 8 nitrogen and oxygen atoms in total. The second-order valence-electron chi connectivity index (χ2n) is 8.02. The number of hydrogen-bond donors (Lipinski definition) is 3. The van der Waals surface area contributed by atoms with Crippen LogP contribution in [0.1, 0.15) is 48.2 Å². The Bertz CT molecular complexity index is 822. The van der Waals surface area contributed by atoms with Gasteiger partial charge in [-0.05, 0) is 43.2 Å². The Morgan fingerprint density at radius 2 is 2.14 bits per heavy atom. The van der Waals surface area contributed by atoms with Gasteiger partial charge < -0.3 is 20.5 Å². The molecule has 0 spiro atoms. The van der Waals surface area contributed by atoms with E-state index >= 15 is 0 Å². The van der Waals surface area contributed by atoms with Crippen LogP contribution in [0, 0.1) is 23.2 Å². The molecule has 2 fully saturated rings. The third-order valence-corrected chi connectivity index (χ3v) is 6.02.